The standard InChI is InChI=1S/C17H22N2O2/c1-2-15(19-10-6-7-11-19)17(20)16-12-14(18-21-16)13-8-4-3-5-9-13/h3-5,8-9,12,15,17,20H,2,6-7,10-11H2,1H3/t15-,17-/m0/s1. The molecular weight excluding hydrogens is 264 g/mol. The molecular formula is C17H22N2O2. The fraction of sp³-hybridized carbons (Fsp3) is 0.471. The Hall–Kier alpha value is -1.65. The molecule has 1 aromatic carbocycles. The summed E-state index contributed by atoms with van der Waals surface area (Å²) in [4.78, 5) is 2.36. The number of nitrogens with zero attached hydrogens (tertiary/aromatic N) is 2. The molecule has 2 atom stereocenters. The van der Waals surface area contributed by atoms with Crippen molar-refractivity contribution in [3.8, 4) is 11.3 Å². The predicted octanol–water partition coefficient (Wildman–Crippen LogP) is 3.25. The van der Waals surface area contributed by atoms with Crippen LogP contribution in [0.2, 0.25) is 0 Å². The number of aliphatic hydroxyl groups excluding tert-OH is 1. The number of rotatable bonds is 5. The molecule has 2 heterocycles. The van der Waals surface area contributed by atoms with Crippen molar-refractivity contribution in [1.29, 1.82) is 0 Å². The Bertz CT molecular complexity index is 561. The van der Waals surface area contributed by atoms with Crippen LogP contribution in [0.5, 0.6) is 0 Å². The maximum Gasteiger partial charge on any atom is 0.167 e. The van der Waals surface area contributed by atoms with Crippen molar-refractivity contribution in [2.24, 2.45) is 0 Å². The van der Waals surface area contributed by atoms with Gasteiger partial charge in [-0.05, 0) is 32.4 Å². The van der Waals surface area contributed by atoms with Crippen LogP contribution in [-0.4, -0.2) is 34.3 Å². The highest BCUT2D eigenvalue weighted by Crippen LogP contribution is 2.29. The lowest BCUT2D eigenvalue weighted by Gasteiger charge is -2.29. The van der Waals surface area contributed by atoms with Crippen LogP contribution in [-0.2, 0) is 0 Å². The predicted molar refractivity (Wildman–Crippen MR) is 81.8 cm³/mol. The van der Waals surface area contributed by atoms with Gasteiger partial charge < -0.3 is 9.63 Å². The zero-order valence-corrected chi connectivity index (χ0v) is 12.4. The van der Waals surface area contributed by atoms with Crippen LogP contribution in [0.3, 0.4) is 0 Å². The molecule has 0 unspecified atom stereocenters. The van der Waals surface area contributed by atoms with Gasteiger partial charge in [-0.15, -0.1) is 0 Å². The summed E-state index contributed by atoms with van der Waals surface area (Å²) in [5, 5.41) is 14.7. The second kappa shape index (κ2) is 6.41. The largest absolute Gasteiger partial charge is 0.383 e. The number of aliphatic hydroxyl groups is 1. The van der Waals surface area contributed by atoms with E-state index in [1.807, 2.05) is 36.4 Å². The van der Waals surface area contributed by atoms with Gasteiger partial charge in [0.2, 0.25) is 0 Å². The molecule has 1 aromatic heterocycles. The first-order valence-electron chi connectivity index (χ1n) is 7.73. The summed E-state index contributed by atoms with van der Waals surface area (Å²) in [5.74, 6) is 0.563. The Morgan fingerprint density at radius 3 is 2.62 bits per heavy atom. The highest BCUT2D eigenvalue weighted by molar-refractivity contribution is 5.58. The van der Waals surface area contributed by atoms with Gasteiger partial charge in [0.15, 0.2) is 5.76 Å². The highest BCUT2D eigenvalue weighted by Gasteiger charge is 2.30. The normalized spacial score (nSPS) is 18.8. The third-order valence-electron chi connectivity index (χ3n) is 4.28. The molecule has 1 saturated heterocycles. The van der Waals surface area contributed by atoms with Crippen molar-refractivity contribution in [1.82, 2.24) is 10.1 Å². The Kier molecular flexibility index (Phi) is 4.36. The van der Waals surface area contributed by atoms with Crippen molar-refractivity contribution < 1.29 is 9.63 Å². The van der Waals surface area contributed by atoms with Gasteiger partial charge in [0.05, 0.1) is 0 Å². The lowest BCUT2D eigenvalue weighted by molar-refractivity contribution is 0.0393. The van der Waals surface area contributed by atoms with Gasteiger partial charge in [0, 0.05) is 17.7 Å². The van der Waals surface area contributed by atoms with Gasteiger partial charge in [0.1, 0.15) is 11.8 Å². The first kappa shape index (κ1) is 14.3. The molecule has 0 spiro atoms. The maximum absolute atomic E-state index is 10.6. The summed E-state index contributed by atoms with van der Waals surface area (Å²) in [6.07, 6.45) is 2.73. The summed E-state index contributed by atoms with van der Waals surface area (Å²) >= 11 is 0. The monoisotopic (exact) mass is 286 g/mol. The number of aromatic nitrogens is 1. The summed E-state index contributed by atoms with van der Waals surface area (Å²) in [6.45, 7) is 4.24. The highest BCUT2D eigenvalue weighted by atomic mass is 16.5. The van der Waals surface area contributed by atoms with Crippen LogP contribution < -0.4 is 0 Å². The molecule has 0 bridgehead atoms. The van der Waals surface area contributed by atoms with Gasteiger partial charge in [-0.1, -0.05) is 42.4 Å². The van der Waals surface area contributed by atoms with Crippen LogP contribution in [0, 0.1) is 0 Å². The van der Waals surface area contributed by atoms with Crippen molar-refractivity contribution in [3.63, 3.8) is 0 Å². The van der Waals surface area contributed by atoms with E-state index < -0.39 is 6.10 Å². The first-order chi connectivity index (χ1) is 10.3. The van der Waals surface area contributed by atoms with Gasteiger partial charge in [0.25, 0.3) is 0 Å². The van der Waals surface area contributed by atoms with E-state index in [9.17, 15) is 5.11 Å². The number of hydrogen-bond donors (Lipinski definition) is 1. The minimum absolute atomic E-state index is 0.115. The smallest absolute Gasteiger partial charge is 0.167 e. The quantitative estimate of drug-likeness (QED) is 0.916. The molecule has 0 saturated carbocycles. The van der Waals surface area contributed by atoms with Gasteiger partial charge in [-0.2, -0.15) is 0 Å². The fourth-order valence-corrected chi connectivity index (χ4v) is 3.12. The maximum atomic E-state index is 10.6. The Morgan fingerprint density at radius 2 is 1.95 bits per heavy atom. The van der Waals surface area contributed by atoms with E-state index in [-0.39, 0.29) is 6.04 Å². The summed E-state index contributed by atoms with van der Waals surface area (Å²) < 4.78 is 5.40. The van der Waals surface area contributed by atoms with Crippen LogP contribution in [0.4, 0.5) is 0 Å². The van der Waals surface area contributed by atoms with Gasteiger partial charge in [-0.25, -0.2) is 0 Å². The summed E-state index contributed by atoms with van der Waals surface area (Å²) in [5.41, 5.74) is 1.79. The molecule has 4 nitrogen and oxygen atoms in total. The molecule has 1 fully saturated rings. The topological polar surface area (TPSA) is 49.5 Å². The Balaban J connectivity index is 1.78. The van der Waals surface area contributed by atoms with E-state index in [1.165, 1.54) is 12.8 Å². The van der Waals surface area contributed by atoms with Crippen molar-refractivity contribution >= 4 is 0 Å². The minimum Gasteiger partial charge on any atom is -0.383 e. The van der Waals surface area contributed by atoms with E-state index in [1.54, 1.807) is 0 Å². The SMILES string of the molecule is CC[C@@H]([C@H](O)c1cc(-c2ccccc2)no1)N1CCCC1. The van der Waals surface area contributed by atoms with E-state index in [0.717, 1.165) is 30.8 Å². The second-order valence-electron chi connectivity index (χ2n) is 5.64. The lowest BCUT2D eigenvalue weighted by atomic mass is 10.0. The molecule has 0 amide bonds. The van der Waals surface area contributed by atoms with Crippen LogP contribution in [0.25, 0.3) is 11.3 Å². The van der Waals surface area contributed by atoms with Crippen LogP contribution in [0.15, 0.2) is 40.9 Å². The molecule has 1 N–H and O–H groups in total. The van der Waals surface area contributed by atoms with Crippen molar-refractivity contribution in [2.75, 3.05) is 13.1 Å². The molecule has 0 radical (unpaired) electrons. The Labute approximate surface area is 125 Å². The van der Waals surface area contributed by atoms with E-state index in [0.29, 0.717) is 5.76 Å². The Morgan fingerprint density at radius 1 is 1.24 bits per heavy atom. The number of benzene rings is 1. The van der Waals surface area contributed by atoms with Crippen molar-refractivity contribution in [3.05, 3.63) is 42.2 Å². The van der Waals surface area contributed by atoms with E-state index >= 15 is 0 Å². The average Bonchev–Trinajstić information content (AvgIpc) is 3.20. The molecule has 3 rings (SSSR count). The lowest BCUT2D eigenvalue weighted by Crippen LogP contribution is -2.37. The average molecular weight is 286 g/mol. The van der Waals surface area contributed by atoms with Crippen LogP contribution in [0.1, 0.15) is 38.1 Å². The first-order valence-corrected chi connectivity index (χ1v) is 7.73. The molecule has 2 aromatic rings. The number of hydrogen-bond acceptors (Lipinski definition) is 4. The summed E-state index contributed by atoms with van der Waals surface area (Å²) in [7, 11) is 0. The molecule has 112 valence electrons. The van der Waals surface area contributed by atoms with Gasteiger partial charge >= 0.3 is 0 Å². The molecule has 4 heteroatoms. The van der Waals surface area contributed by atoms with E-state index in [4.69, 9.17) is 4.52 Å². The zero-order valence-electron chi connectivity index (χ0n) is 12.4. The van der Waals surface area contributed by atoms with E-state index in [2.05, 4.69) is 17.0 Å². The van der Waals surface area contributed by atoms with Crippen LogP contribution >= 0.6 is 0 Å². The molecule has 1 aliphatic rings. The minimum atomic E-state index is -0.613. The molecule has 1 aliphatic heterocycles. The zero-order chi connectivity index (χ0) is 14.7. The molecule has 21 heavy (non-hydrogen) atoms. The second-order valence-corrected chi connectivity index (χ2v) is 5.64. The third-order valence-corrected chi connectivity index (χ3v) is 4.28. The van der Waals surface area contributed by atoms with Crippen molar-refractivity contribution in [2.45, 2.75) is 38.3 Å². The van der Waals surface area contributed by atoms with Gasteiger partial charge in [-0.3, -0.25) is 4.90 Å². The number of likely N-dealkylation sites (tertiary alicyclic amines) is 1. The molecule has 0 aliphatic carbocycles. The summed E-state index contributed by atoms with van der Waals surface area (Å²) in [6, 6.07) is 11.9. The fourth-order valence-electron chi connectivity index (χ4n) is 3.12. The third kappa shape index (κ3) is 3.01.